The largest absolute Gasteiger partial charge is 0.424 e. The van der Waals surface area contributed by atoms with E-state index < -0.39 is 35.4 Å². The molecular weight excluding hydrogens is 340 g/mol. The molecule has 0 aliphatic carbocycles. The highest BCUT2D eigenvalue weighted by molar-refractivity contribution is 5.60. The maximum absolute atomic E-state index is 13.3. The zero-order valence-electron chi connectivity index (χ0n) is 13.6. The van der Waals surface area contributed by atoms with Gasteiger partial charge in [0.25, 0.3) is 0 Å². The minimum Gasteiger partial charge on any atom is -0.386 e. The first kappa shape index (κ1) is 19.3. The molecular formula is C17H18F4N2O2. The zero-order chi connectivity index (χ0) is 19.0. The molecule has 0 bridgehead atoms. The Morgan fingerprint density at radius 2 is 1.60 bits per heavy atom. The normalized spacial score (nSPS) is 15.1. The standard InChI is InChI=1S/C17H18F4N2O2/c1-15(2,24)11-7-13(10-3-5-12(18)6-4-10)23-14(8-11)16(25,9-22)17(19,20)21/h3-8,24-25H,9,22H2,1-2H3/t16-/m0/s1. The van der Waals surface area contributed by atoms with E-state index >= 15 is 0 Å². The highest BCUT2D eigenvalue weighted by Gasteiger charge is 2.55. The number of rotatable bonds is 4. The first-order chi connectivity index (χ1) is 11.4. The number of benzene rings is 1. The van der Waals surface area contributed by atoms with Gasteiger partial charge in [-0.1, -0.05) is 0 Å². The van der Waals surface area contributed by atoms with Crippen molar-refractivity contribution in [1.29, 1.82) is 0 Å². The van der Waals surface area contributed by atoms with E-state index in [1.807, 2.05) is 0 Å². The van der Waals surface area contributed by atoms with Crippen LogP contribution in [0, 0.1) is 5.82 Å². The number of hydrogen-bond donors (Lipinski definition) is 3. The summed E-state index contributed by atoms with van der Waals surface area (Å²) in [5.74, 6) is -0.517. The van der Waals surface area contributed by atoms with Gasteiger partial charge < -0.3 is 15.9 Å². The van der Waals surface area contributed by atoms with Gasteiger partial charge in [0.15, 0.2) is 0 Å². The number of aromatic nitrogens is 1. The summed E-state index contributed by atoms with van der Waals surface area (Å²) in [6, 6.07) is 7.28. The minimum atomic E-state index is -5.06. The van der Waals surface area contributed by atoms with Crippen molar-refractivity contribution >= 4 is 0 Å². The third-order valence-corrected chi connectivity index (χ3v) is 3.86. The first-order valence-electron chi connectivity index (χ1n) is 7.39. The number of pyridine rings is 1. The summed E-state index contributed by atoms with van der Waals surface area (Å²) in [7, 11) is 0. The van der Waals surface area contributed by atoms with Crippen LogP contribution in [-0.4, -0.2) is 27.9 Å². The quantitative estimate of drug-likeness (QED) is 0.735. The van der Waals surface area contributed by atoms with Crippen LogP contribution >= 0.6 is 0 Å². The van der Waals surface area contributed by atoms with E-state index in [0.717, 1.165) is 18.2 Å². The van der Waals surface area contributed by atoms with Gasteiger partial charge in [-0.2, -0.15) is 13.2 Å². The maximum Gasteiger partial charge on any atom is 0.424 e. The smallest absolute Gasteiger partial charge is 0.386 e. The second-order valence-electron chi connectivity index (χ2n) is 6.25. The van der Waals surface area contributed by atoms with E-state index in [9.17, 15) is 27.8 Å². The molecule has 0 aliphatic rings. The Balaban J connectivity index is 2.73. The number of nitrogens with zero attached hydrogens (tertiary/aromatic N) is 1. The molecule has 0 saturated carbocycles. The Hall–Kier alpha value is -2.03. The van der Waals surface area contributed by atoms with Gasteiger partial charge in [0.2, 0.25) is 5.60 Å². The molecule has 4 nitrogen and oxygen atoms in total. The fraction of sp³-hybridized carbons (Fsp3) is 0.353. The topological polar surface area (TPSA) is 79.4 Å². The lowest BCUT2D eigenvalue weighted by Gasteiger charge is -2.30. The van der Waals surface area contributed by atoms with Crippen molar-refractivity contribution in [2.45, 2.75) is 31.2 Å². The van der Waals surface area contributed by atoms with Crippen LogP contribution < -0.4 is 5.73 Å². The van der Waals surface area contributed by atoms with Gasteiger partial charge >= 0.3 is 6.18 Å². The van der Waals surface area contributed by atoms with Crippen LogP contribution in [0.2, 0.25) is 0 Å². The van der Waals surface area contributed by atoms with Crippen molar-refractivity contribution in [3.05, 3.63) is 53.5 Å². The van der Waals surface area contributed by atoms with Gasteiger partial charge in [-0.05, 0) is 55.8 Å². The van der Waals surface area contributed by atoms with Crippen molar-refractivity contribution < 1.29 is 27.8 Å². The molecule has 0 aliphatic heterocycles. The van der Waals surface area contributed by atoms with Gasteiger partial charge in [0, 0.05) is 12.1 Å². The molecule has 1 aromatic heterocycles. The van der Waals surface area contributed by atoms with Gasteiger partial charge in [-0.25, -0.2) is 9.37 Å². The molecule has 1 heterocycles. The van der Waals surface area contributed by atoms with Crippen LogP contribution in [0.4, 0.5) is 17.6 Å². The summed E-state index contributed by atoms with van der Waals surface area (Å²) in [6.07, 6.45) is -5.06. The minimum absolute atomic E-state index is 0.0470. The van der Waals surface area contributed by atoms with Gasteiger partial charge in [-0.3, -0.25) is 0 Å². The fourth-order valence-corrected chi connectivity index (χ4v) is 2.23. The Morgan fingerprint density at radius 3 is 2.04 bits per heavy atom. The molecule has 2 aromatic rings. The van der Waals surface area contributed by atoms with E-state index in [1.165, 1.54) is 32.0 Å². The Bertz CT molecular complexity index is 755. The molecule has 1 atom stereocenters. The Labute approximate surface area is 141 Å². The average molecular weight is 358 g/mol. The van der Waals surface area contributed by atoms with E-state index in [-0.39, 0.29) is 11.3 Å². The molecule has 0 saturated heterocycles. The summed E-state index contributed by atoms with van der Waals surface area (Å²) >= 11 is 0. The fourth-order valence-electron chi connectivity index (χ4n) is 2.23. The number of halogens is 4. The van der Waals surface area contributed by atoms with E-state index in [4.69, 9.17) is 5.73 Å². The number of aliphatic hydroxyl groups is 2. The van der Waals surface area contributed by atoms with Gasteiger partial charge in [0.05, 0.1) is 17.0 Å². The molecule has 0 unspecified atom stereocenters. The van der Waals surface area contributed by atoms with Crippen LogP contribution in [0.5, 0.6) is 0 Å². The Morgan fingerprint density at radius 1 is 1.04 bits per heavy atom. The van der Waals surface area contributed by atoms with Gasteiger partial charge in [0.1, 0.15) is 5.82 Å². The molecule has 136 valence electrons. The van der Waals surface area contributed by atoms with E-state index in [0.29, 0.717) is 5.56 Å². The summed E-state index contributed by atoms with van der Waals surface area (Å²) < 4.78 is 53.1. The lowest BCUT2D eigenvalue weighted by molar-refractivity contribution is -0.263. The predicted octanol–water partition coefficient (Wildman–Crippen LogP) is 2.82. The second-order valence-corrected chi connectivity index (χ2v) is 6.25. The molecule has 8 heteroatoms. The lowest BCUT2D eigenvalue weighted by Crippen LogP contribution is -2.49. The molecule has 0 radical (unpaired) electrons. The highest BCUT2D eigenvalue weighted by atomic mass is 19.4. The summed E-state index contributed by atoms with van der Waals surface area (Å²) in [5.41, 5.74) is 0.0522. The SMILES string of the molecule is CC(C)(O)c1cc(-c2ccc(F)cc2)nc([C@@](O)(CN)C(F)(F)F)c1. The first-order valence-corrected chi connectivity index (χ1v) is 7.39. The third-order valence-electron chi connectivity index (χ3n) is 3.86. The number of hydrogen-bond acceptors (Lipinski definition) is 4. The maximum atomic E-state index is 13.3. The molecule has 0 amide bonds. The van der Waals surface area contributed by atoms with Crippen molar-refractivity contribution in [3.63, 3.8) is 0 Å². The van der Waals surface area contributed by atoms with Crippen molar-refractivity contribution in [1.82, 2.24) is 4.98 Å². The van der Waals surface area contributed by atoms with E-state index in [2.05, 4.69) is 4.98 Å². The van der Waals surface area contributed by atoms with Crippen molar-refractivity contribution in [3.8, 4) is 11.3 Å². The van der Waals surface area contributed by atoms with Crippen LogP contribution in [0.25, 0.3) is 11.3 Å². The molecule has 4 N–H and O–H groups in total. The van der Waals surface area contributed by atoms with Crippen LogP contribution in [-0.2, 0) is 11.2 Å². The van der Waals surface area contributed by atoms with Crippen molar-refractivity contribution in [2.75, 3.05) is 6.54 Å². The molecule has 25 heavy (non-hydrogen) atoms. The predicted molar refractivity (Wildman–Crippen MR) is 83.9 cm³/mol. The lowest BCUT2D eigenvalue weighted by atomic mass is 9.91. The molecule has 0 fully saturated rings. The Kier molecular flexibility index (Phi) is 4.91. The second kappa shape index (κ2) is 6.36. The summed E-state index contributed by atoms with van der Waals surface area (Å²) in [4.78, 5) is 3.87. The zero-order valence-corrected chi connectivity index (χ0v) is 13.6. The number of nitrogens with two attached hydrogens (primary N) is 1. The monoisotopic (exact) mass is 358 g/mol. The van der Waals surface area contributed by atoms with Crippen molar-refractivity contribution in [2.24, 2.45) is 5.73 Å². The number of alkyl halides is 3. The third kappa shape index (κ3) is 3.81. The highest BCUT2D eigenvalue weighted by Crippen LogP contribution is 2.39. The molecule has 1 aromatic carbocycles. The van der Waals surface area contributed by atoms with E-state index in [1.54, 1.807) is 0 Å². The molecule has 2 rings (SSSR count). The van der Waals surface area contributed by atoms with Crippen LogP contribution in [0.15, 0.2) is 36.4 Å². The molecule has 0 spiro atoms. The van der Waals surface area contributed by atoms with Crippen LogP contribution in [0.3, 0.4) is 0 Å². The van der Waals surface area contributed by atoms with Crippen LogP contribution in [0.1, 0.15) is 25.1 Å². The summed E-state index contributed by atoms with van der Waals surface area (Å²) in [5, 5.41) is 20.3. The average Bonchev–Trinajstić information content (AvgIpc) is 2.52. The van der Waals surface area contributed by atoms with Gasteiger partial charge in [-0.15, -0.1) is 0 Å². The summed E-state index contributed by atoms with van der Waals surface area (Å²) in [6.45, 7) is 1.63.